The van der Waals surface area contributed by atoms with E-state index in [0.717, 1.165) is 15.4 Å². The maximum atomic E-state index is 13.2. The minimum Gasteiger partial charge on any atom is -0.355 e. The molecule has 0 aromatic heterocycles. The fourth-order valence-corrected chi connectivity index (χ4v) is 4.55. The zero-order valence-corrected chi connectivity index (χ0v) is 18.1. The highest BCUT2D eigenvalue weighted by Crippen LogP contribution is 2.23. The first-order valence-electron chi connectivity index (χ1n) is 10.0. The molecule has 162 valence electrons. The van der Waals surface area contributed by atoms with E-state index in [4.69, 9.17) is 0 Å². The van der Waals surface area contributed by atoms with E-state index in [1.807, 2.05) is 19.1 Å². The summed E-state index contributed by atoms with van der Waals surface area (Å²) in [6.07, 6.45) is 1.35. The van der Waals surface area contributed by atoms with Gasteiger partial charge >= 0.3 is 0 Å². The van der Waals surface area contributed by atoms with Gasteiger partial charge in [0.15, 0.2) is 0 Å². The SMILES string of the molecule is Cc1ccc(N(CC(=O)NCCCc2ccc(F)cc2)S(=O)(=O)c2ccccc2)cc1. The van der Waals surface area contributed by atoms with Crippen LogP contribution in [0.25, 0.3) is 0 Å². The third-order valence-electron chi connectivity index (χ3n) is 4.82. The van der Waals surface area contributed by atoms with Crippen molar-refractivity contribution < 1.29 is 17.6 Å². The number of sulfonamides is 1. The number of nitrogens with one attached hydrogen (secondary N) is 1. The Morgan fingerprint density at radius 1 is 0.935 bits per heavy atom. The summed E-state index contributed by atoms with van der Waals surface area (Å²) in [6.45, 7) is 1.98. The summed E-state index contributed by atoms with van der Waals surface area (Å²) in [5.74, 6) is -0.674. The molecule has 1 amide bonds. The normalized spacial score (nSPS) is 11.2. The zero-order valence-electron chi connectivity index (χ0n) is 17.3. The van der Waals surface area contributed by atoms with E-state index >= 15 is 0 Å². The summed E-state index contributed by atoms with van der Waals surface area (Å²) < 4.78 is 40.5. The molecule has 0 aliphatic heterocycles. The lowest BCUT2D eigenvalue weighted by molar-refractivity contribution is -0.119. The van der Waals surface area contributed by atoms with E-state index in [1.54, 1.807) is 42.5 Å². The maximum Gasteiger partial charge on any atom is 0.264 e. The minimum absolute atomic E-state index is 0.125. The second-order valence-corrected chi connectivity index (χ2v) is 9.10. The van der Waals surface area contributed by atoms with Gasteiger partial charge in [-0.1, -0.05) is 48.0 Å². The smallest absolute Gasteiger partial charge is 0.264 e. The summed E-state index contributed by atoms with van der Waals surface area (Å²) in [4.78, 5) is 12.7. The fraction of sp³-hybridized carbons (Fsp3) is 0.208. The summed E-state index contributed by atoms with van der Waals surface area (Å²) in [7, 11) is -3.90. The van der Waals surface area contributed by atoms with E-state index in [1.165, 1.54) is 24.3 Å². The van der Waals surface area contributed by atoms with Crippen molar-refractivity contribution in [3.8, 4) is 0 Å². The molecule has 0 saturated heterocycles. The molecule has 0 heterocycles. The van der Waals surface area contributed by atoms with Gasteiger partial charge in [0.25, 0.3) is 10.0 Å². The number of anilines is 1. The molecule has 0 saturated carbocycles. The van der Waals surface area contributed by atoms with Crippen molar-refractivity contribution in [3.63, 3.8) is 0 Å². The Morgan fingerprint density at radius 2 is 1.58 bits per heavy atom. The fourth-order valence-electron chi connectivity index (χ4n) is 3.10. The highest BCUT2D eigenvalue weighted by Gasteiger charge is 2.26. The van der Waals surface area contributed by atoms with Crippen LogP contribution in [-0.4, -0.2) is 27.4 Å². The number of hydrogen-bond donors (Lipinski definition) is 1. The van der Waals surface area contributed by atoms with E-state index in [2.05, 4.69) is 5.32 Å². The highest BCUT2D eigenvalue weighted by atomic mass is 32.2. The minimum atomic E-state index is -3.90. The molecule has 5 nitrogen and oxygen atoms in total. The van der Waals surface area contributed by atoms with Crippen LogP contribution >= 0.6 is 0 Å². The molecule has 3 aromatic rings. The number of amides is 1. The molecule has 3 rings (SSSR count). The number of hydrogen-bond acceptors (Lipinski definition) is 3. The first-order chi connectivity index (χ1) is 14.9. The van der Waals surface area contributed by atoms with Crippen LogP contribution in [0.15, 0.2) is 83.8 Å². The predicted octanol–water partition coefficient (Wildman–Crippen LogP) is 4.08. The third kappa shape index (κ3) is 6.15. The first-order valence-corrected chi connectivity index (χ1v) is 11.5. The Morgan fingerprint density at radius 3 is 2.23 bits per heavy atom. The average Bonchev–Trinajstić information content (AvgIpc) is 2.77. The Kier molecular flexibility index (Phi) is 7.41. The second-order valence-electron chi connectivity index (χ2n) is 7.24. The Hall–Kier alpha value is -3.19. The van der Waals surface area contributed by atoms with Crippen LogP contribution < -0.4 is 9.62 Å². The van der Waals surface area contributed by atoms with Crippen molar-refractivity contribution in [2.75, 3.05) is 17.4 Å². The predicted molar refractivity (Wildman–Crippen MR) is 120 cm³/mol. The molecule has 1 N–H and O–H groups in total. The largest absolute Gasteiger partial charge is 0.355 e. The number of rotatable bonds is 9. The summed E-state index contributed by atoms with van der Waals surface area (Å²) in [5, 5.41) is 2.78. The molecule has 0 fully saturated rings. The number of benzene rings is 3. The summed E-state index contributed by atoms with van der Waals surface area (Å²) >= 11 is 0. The number of halogens is 1. The van der Waals surface area contributed by atoms with Gasteiger partial charge in [-0.3, -0.25) is 9.10 Å². The Bertz CT molecular complexity index is 1100. The van der Waals surface area contributed by atoms with Crippen LogP contribution in [0.2, 0.25) is 0 Å². The van der Waals surface area contributed by atoms with Crippen LogP contribution in [0.3, 0.4) is 0 Å². The van der Waals surface area contributed by atoms with Gasteiger partial charge < -0.3 is 5.32 Å². The van der Waals surface area contributed by atoms with Crippen molar-refractivity contribution in [2.24, 2.45) is 0 Å². The number of aryl methyl sites for hydroxylation is 2. The molecule has 0 bridgehead atoms. The zero-order chi connectivity index (χ0) is 22.3. The lowest BCUT2D eigenvalue weighted by Gasteiger charge is -2.24. The molecular formula is C24H25FN2O3S. The van der Waals surface area contributed by atoms with E-state index in [-0.39, 0.29) is 23.2 Å². The molecule has 0 aliphatic rings. The molecule has 0 unspecified atom stereocenters. The van der Waals surface area contributed by atoms with Crippen LogP contribution in [-0.2, 0) is 21.2 Å². The molecule has 31 heavy (non-hydrogen) atoms. The van der Waals surface area contributed by atoms with Crippen molar-refractivity contribution >= 4 is 21.6 Å². The molecule has 0 aliphatic carbocycles. The Labute approximate surface area is 182 Å². The Balaban J connectivity index is 1.67. The quantitative estimate of drug-likeness (QED) is 0.510. The summed E-state index contributed by atoms with van der Waals surface area (Å²) in [5.41, 5.74) is 2.39. The molecule has 3 aromatic carbocycles. The second kappa shape index (κ2) is 10.2. The van der Waals surface area contributed by atoms with Gasteiger partial charge in [0, 0.05) is 6.54 Å². The van der Waals surface area contributed by atoms with Crippen LogP contribution in [0.1, 0.15) is 17.5 Å². The van der Waals surface area contributed by atoms with E-state index < -0.39 is 10.0 Å². The third-order valence-corrected chi connectivity index (χ3v) is 6.61. The van der Waals surface area contributed by atoms with Crippen molar-refractivity contribution in [3.05, 3.63) is 95.8 Å². The standard InChI is InChI=1S/C24H25FN2O3S/c1-19-9-15-22(16-10-19)27(31(29,30)23-7-3-2-4-8-23)18-24(28)26-17-5-6-20-11-13-21(25)14-12-20/h2-4,7-16H,5-6,17-18H2,1H3,(H,26,28). The first kappa shape index (κ1) is 22.5. The summed E-state index contributed by atoms with van der Waals surface area (Å²) in [6, 6.07) is 21.3. The van der Waals surface area contributed by atoms with Crippen LogP contribution in [0, 0.1) is 12.7 Å². The lowest BCUT2D eigenvalue weighted by Crippen LogP contribution is -2.41. The van der Waals surface area contributed by atoms with Gasteiger partial charge in [0.2, 0.25) is 5.91 Å². The van der Waals surface area contributed by atoms with Crippen molar-refractivity contribution in [1.29, 1.82) is 0 Å². The maximum absolute atomic E-state index is 13.2. The van der Waals surface area contributed by atoms with Gasteiger partial charge in [-0.05, 0) is 61.7 Å². The lowest BCUT2D eigenvalue weighted by atomic mass is 10.1. The molecular weight excluding hydrogens is 415 g/mol. The van der Waals surface area contributed by atoms with Gasteiger partial charge in [-0.2, -0.15) is 0 Å². The number of carbonyl (C=O) groups excluding carboxylic acids is 1. The van der Waals surface area contributed by atoms with Crippen LogP contribution in [0.4, 0.5) is 10.1 Å². The van der Waals surface area contributed by atoms with Gasteiger partial charge in [0.1, 0.15) is 12.4 Å². The van der Waals surface area contributed by atoms with Crippen molar-refractivity contribution in [1.82, 2.24) is 5.32 Å². The van der Waals surface area contributed by atoms with E-state index in [9.17, 15) is 17.6 Å². The van der Waals surface area contributed by atoms with Gasteiger partial charge in [0.05, 0.1) is 10.6 Å². The van der Waals surface area contributed by atoms with Crippen LogP contribution in [0.5, 0.6) is 0 Å². The highest BCUT2D eigenvalue weighted by molar-refractivity contribution is 7.92. The van der Waals surface area contributed by atoms with Gasteiger partial charge in [-0.25, -0.2) is 12.8 Å². The van der Waals surface area contributed by atoms with E-state index in [0.29, 0.717) is 25.1 Å². The van der Waals surface area contributed by atoms with Gasteiger partial charge in [-0.15, -0.1) is 0 Å². The molecule has 0 radical (unpaired) electrons. The topological polar surface area (TPSA) is 66.5 Å². The number of carbonyl (C=O) groups is 1. The monoisotopic (exact) mass is 440 g/mol. The average molecular weight is 441 g/mol. The number of nitrogens with zero attached hydrogens (tertiary/aromatic N) is 1. The molecule has 0 spiro atoms. The molecule has 0 atom stereocenters. The van der Waals surface area contributed by atoms with Crippen molar-refractivity contribution in [2.45, 2.75) is 24.7 Å². The molecule has 7 heteroatoms.